The second kappa shape index (κ2) is 7.31. The summed E-state index contributed by atoms with van der Waals surface area (Å²) >= 11 is 0. The van der Waals surface area contributed by atoms with Crippen LogP contribution in [0.25, 0.3) is 0 Å². The summed E-state index contributed by atoms with van der Waals surface area (Å²) in [5, 5.41) is 0. The second-order valence-corrected chi connectivity index (χ2v) is 5.12. The average molecular weight is 242 g/mol. The molecule has 2 aliphatic rings. The Morgan fingerprint density at radius 3 is 2.59 bits per heavy atom. The first-order valence-corrected chi connectivity index (χ1v) is 6.94. The van der Waals surface area contributed by atoms with Gasteiger partial charge in [0.2, 0.25) is 0 Å². The molecule has 0 radical (unpaired) electrons. The number of methoxy groups -OCH3 is 1. The molecule has 0 bridgehead atoms. The quantitative estimate of drug-likeness (QED) is 0.644. The van der Waals surface area contributed by atoms with E-state index in [0.717, 1.165) is 26.2 Å². The van der Waals surface area contributed by atoms with Gasteiger partial charge in [0, 0.05) is 59.6 Å². The van der Waals surface area contributed by atoms with Crippen LogP contribution in [0.15, 0.2) is 0 Å². The molecule has 2 saturated heterocycles. The summed E-state index contributed by atoms with van der Waals surface area (Å²) in [6.45, 7) is 9.00. The molecule has 0 aromatic rings. The van der Waals surface area contributed by atoms with E-state index in [0.29, 0.717) is 6.10 Å². The van der Waals surface area contributed by atoms with Gasteiger partial charge in [-0.2, -0.15) is 0 Å². The first-order valence-electron chi connectivity index (χ1n) is 6.94. The Labute approximate surface area is 105 Å². The van der Waals surface area contributed by atoms with Crippen molar-refractivity contribution in [3.8, 4) is 0 Å². The highest BCUT2D eigenvalue weighted by molar-refractivity contribution is 4.76. The van der Waals surface area contributed by atoms with Gasteiger partial charge in [0.15, 0.2) is 0 Å². The van der Waals surface area contributed by atoms with Gasteiger partial charge in [-0.3, -0.25) is 4.90 Å². The second-order valence-electron chi connectivity index (χ2n) is 5.12. The summed E-state index contributed by atoms with van der Waals surface area (Å²) < 4.78 is 10.8. The molecular weight excluding hydrogens is 216 g/mol. The van der Waals surface area contributed by atoms with Gasteiger partial charge in [0.05, 0.1) is 6.10 Å². The van der Waals surface area contributed by atoms with Crippen LogP contribution in [0.2, 0.25) is 0 Å². The van der Waals surface area contributed by atoms with Crippen molar-refractivity contribution < 1.29 is 9.47 Å². The minimum absolute atomic E-state index is 0.509. The van der Waals surface area contributed by atoms with Crippen LogP contribution < -0.4 is 0 Å². The normalized spacial score (nSPS) is 27.7. The van der Waals surface area contributed by atoms with Gasteiger partial charge in [-0.15, -0.1) is 0 Å². The van der Waals surface area contributed by atoms with Crippen molar-refractivity contribution in [3.63, 3.8) is 0 Å². The predicted molar refractivity (Wildman–Crippen MR) is 68.3 cm³/mol. The Balaban J connectivity index is 1.57. The molecule has 1 atom stereocenters. The van der Waals surface area contributed by atoms with Crippen molar-refractivity contribution in [2.45, 2.75) is 25.4 Å². The average Bonchev–Trinajstić information content (AvgIpc) is 2.85. The fourth-order valence-corrected chi connectivity index (χ4v) is 2.70. The first kappa shape index (κ1) is 13.3. The van der Waals surface area contributed by atoms with E-state index in [1.54, 1.807) is 7.11 Å². The number of rotatable bonds is 6. The van der Waals surface area contributed by atoms with Crippen LogP contribution in [0.5, 0.6) is 0 Å². The van der Waals surface area contributed by atoms with E-state index in [1.807, 2.05) is 0 Å². The fourth-order valence-electron chi connectivity index (χ4n) is 2.70. The van der Waals surface area contributed by atoms with E-state index in [4.69, 9.17) is 9.47 Å². The van der Waals surface area contributed by atoms with Crippen LogP contribution in [-0.4, -0.2) is 75.5 Å². The number of hydrogen-bond donors (Lipinski definition) is 0. The van der Waals surface area contributed by atoms with E-state index in [9.17, 15) is 0 Å². The monoisotopic (exact) mass is 242 g/mol. The summed E-state index contributed by atoms with van der Waals surface area (Å²) in [7, 11) is 1.78. The van der Waals surface area contributed by atoms with Gasteiger partial charge in [0.25, 0.3) is 0 Å². The molecule has 0 N–H and O–H groups in total. The maximum absolute atomic E-state index is 5.69. The van der Waals surface area contributed by atoms with E-state index in [1.165, 1.54) is 45.6 Å². The summed E-state index contributed by atoms with van der Waals surface area (Å²) in [6.07, 6.45) is 4.17. The van der Waals surface area contributed by atoms with E-state index in [-0.39, 0.29) is 0 Å². The molecule has 0 unspecified atom stereocenters. The molecule has 0 saturated carbocycles. The van der Waals surface area contributed by atoms with Gasteiger partial charge in [-0.05, 0) is 19.3 Å². The molecule has 2 heterocycles. The van der Waals surface area contributed by atoms with Crippen LogP contribution in [0.4, 0.5) is 0 Å². The summed E-state index contributed by atoms with van der Waals surface area (Å²) in [4.78, 5) is 5.10. The Hall–Kier alpha value is -0.160. The Morgan fingerprint density at radius 2 is 1.94 bits per heavy atom. The Kier molecular flexibility index (Phi) is 5.71. The molecule has 0 aliphatic carbocycles. The predicted octanol–water partition coefficient (Wildman–Crippen LogP) is 0.819. The van der Waals surface area contributed by atoms with Crippen molar-refractivity contribution in [1.29, 1.82) is 0 Å². The Bertz CT molecular complexity index is 200. The van der Waals surface area contributed by atoms with Gasteiger partial charge >= 0.3 is 0 Å². The summed E-state index contributed by atoms with van der Waals surface area (Å²) in [5.41, 5.74) is 0. The number of ether oxygens (including phenoxy) is 2. The van der Waals surface area contributed by atoms with Crippen molar-refractivity contribution in [2.75, 3.05) is 59.6 Å². The molecule has 0 spiro atoms. The standard InChI is InChI=1S/C13H26N2O2/c1-16-10-3-5-14-6-8-15(9-7-14)12-13-4-2-11-17-13/h13H,2-12H2,1H3/t13-/m0/s1. The molecule has 0 aromatic carbocycles. The summed E-state index contributed by atoms with van der Waals surface area (Å²) in [6, 6.07) is 0. The van der Waals surface area contributed by atoms with E-state index < -0.39 is 0 Å². The van der Waals surface area contributed by atoms with Gasteiger partial charge in [-0.1, -0.05) is 0 Å². The van der Waals surface area contributed by atoms with Crippen molar-refractivity contribution in [3.05, 3.63) is 0 Å². The molecule has 0 aromatic heterocycles. The maximum Gasteiger partial charge on any atom is 0.0702 e. The molecule has 2 aliphatic heterocycles. The van der Waals surface area contributed by atoms with Crippen LogP contribution in [0, 0.1) is 0 Å². The number of nitrogens with zero attached hydrogens (tertiary/aromatic N) is 2. The highest BCUT2D eigenvalue weighted by atomic mass is 16.5. The molecule has 2 rings (SSSR count). The zero-order chi connectivity index (χ0) is 11.9. The van der Waals surface area contributed by atoms with E-state index in [2.05, 4.69) is 9.80 Å². The SMILES string of the molecule is COCCCN1CCN(C[C@@H]2CCCO2)CC1. The molecule has 2 fully saturated rings. The molecule has 4 nitrogen and oxygen atoms in total. The minimum Gasteiger partial charge on any atom is -0.385 e. The molecular formula is C13H26N2O2. The zero-order valence-corrected chi connectivity index (χ0v) is 11.1. The lowest BCUT2D eigenvalue weighted by Gasteiger charge is -2.35. The van der Waals surface area contributed by atoms with Gasteiger partial charge in [-0.25, -0.2) is 0 Å². The molecule has 4 heteroatoms. The zero-order valence-electron chi connectivity index (χ0n) is 11.1. The Morgan fingerprint density at radius 1 is 1.18 bits per heavy atom. The molecule has 17 heavy (non-hydrogen) atoms. The third-order valence-electron chi connectivity index (χ3n) is 3.77. The van der Waals surface area contributed by atoms with Gasteiger partial charge in [0.1, 0.15) is 0 Å². The lowest BCUT2D eigenvalue weighted by Crippen LogP contribution is -2.48. The lowest BCUT2D eigenvalue weighted by atomic mass is 10.2. The third kappa shape index (κ3) is 4.54. The first-order chi connectivity index (χ1) is 8.38. The van der Waals surface area contributed by atoms with Crippen molar-refractivity contribution in [2.24, 2.45) is 0 Å². The van der Waals surface area contributed by atoms with Crippen molar-refractivity contribution in [1.82, 2.24) is 9.80 Å². The largest absolute Gasteiger partial charge is 0.385 e. The smallest absolute Gasteiger partial charge is 0.0702 e. The summed E-state index contributed by atoms with van der Waals surface area (Å²) in [5.74, 6) is 0. The topological polar surface area (TPSA) is 24.9 Å². The maximum atomic E-state index is 5.69. The highest BCUT2D eigenvalue weighted by Gasteiger charge is 2.22. The van der Waals surface area contributed by atoms with Crippen LogP contribution in [0.1, 0.15) is 19.3 Å². The highest BCUT2D eigenvalue weighted by Crippen LogP contribution is 2.14. The van der Waals surface area contributed by atoms with Crippen LogP contribution in [-0.2, 0) is 9.47 Å². The number of hydrogen-bond acceptors (Lipinski definition) is 4. The number of piperazine rings is 1. The minimum atomic E-state index is 0.509. The molecule has 100 valence electrons. The third-order valence-corrected chi connectivity index (χ3v) is 3.77. The van der Waals surface area contributed by atoms with Crippen molar-refractivity contribution >= 4 is 0 Å². The molecule has 0 amide bonds. The fraction of sp³-hybridized carbons (Fsp3) is 1.00. The lowest BCUT2D eigenvalue weighted by molar-refractivity contribution is 0.0486. The van der Waals surface area contributed by atoms with Crippen LogP contribution >= 0.6 is 0 Å². The van der Waals surface area contributed by atoms with E-state index >= 15 is 0 Å². The van der Waals surface area contributed by atoms with Gasteiger partial charge < -0.3 is 14.4 Å². The van der Waals surface area contributed by atoms with Crippen LogP contribution in [0.3, 0.4) is 0 Å².